The maximum Gasteiger partial charge on any atom is 0.303 e. The highest BCUT2D eigenvalue weighted by molar-refractivity contribution is 5.85. The molecule has 1 aromatic carbocycles. The minimum absolute atomic E-state index is 0. The predicted octanol–water partition coefficient (Wildman–Crippen LogP) is 3.23. The third kappa shape index (κ3) is 7.34. The van der Waals surface area contributed by atoms with Gasteiger partial charge in [0, 0.05) is 19.3 Å². The molecule has 0 radical (unpaired) electrons. The van der Waals surface area contributed by atoms with E-state index in [-0.39, 0.29) is 31.8 Å². The summed E-state index contributed by atoms with van der Waals surface area (Å²) >= 11 is 0. The molecule has 0 aliphatic heterocycles. The number of carboxylic acid groups (broad SMARTS) is 1. The minimum atomic E-state index is -2.83. The molecule has 0 heterocycles. The number of benzene rings is 1. The number of methoxy groups -OCH3 is 1. The Morgan fingerprint density at radius 1 is 1.48 bits per heavy atom. The molecule has 0 aromatic heterocycles. The number of carboxylic acids is 1. The molecule has 0 spiro atoms. The van der Waals surface area contributed by atoms with Crippen molar-refractivity contribution < 1.29 is 21.5 Å². The number of likely N-dealkylation sites (N-methyl/N-ethyl adjacent to an activating group) is 1. The Bertz CT molecular complexity index is 566. The Kier molecular flexibility index (Phi) is 6.13. The van der Waals surface area contributed by atoms with Gasteiger partial charge in [-0.25, -0.2) is 0 Å². The van der Waals surface area contributed by atoms with Gasteiger partial charge in [0.2, 0.25) is 0 Å². The summed E-state index contributed by atoms with van der Waals surface area (Å²) in [5, 5.41) is 8.78. The number of halogens is 1. The van der Waals surface area contributed by atoms with Crippen LogP contribution < -0.4 is 4.74 Å². The highest BCUT2D eigenvalue weighted by Crippen LogP contribution is 2.14. The minimum Gasteiger partial charge on any atom is -0.497 e. The Balaban J connectivity index is 0.00000625. The normalized spacial score (nSPS) is 16.6. The highest BCUT2D eigenvalue weighted by Gasteiger charge is 2.13. The van der Waals surface area contributed by atoms with E-state index in [1.54, 1.807) is 26.2 Å². The highest BCUT2D eigenvalue weighted by atomic mass is 35.5. The lowest BCUT2D eigenvalue weighted by molar-refractivity contribution is -0.137. The molecule has 0 saturated heterocycles. The molecule has 0 aliphatic carbocycles. The Morgan fingerprint density at radius 3 is 2.67 bits per heavy atom. The molecule has 1 rings (SSSR count). The molecule has 120 valence electrons. The quantitative estimate of drug-likeness (QED) is 0.759. The van der Waals surface area contributed by atoms with Gasteiger partial charge in [-0.2, -0.15) is 0 Å². The molecule has 4 nitrogen and oxygen atoms in total. The zero-order valence-electron chi connectivity index (χ0n) is 17.3. The molecular formula is C16H26ClNO3. The number of carbonyl (C=O) groups is 1. The van der Waals surface area contributed by atoms with E-state index in [1.807, 2.05) is 12.1 Å². The first-order valence-electron chi connectivity index (χ1n) is 9.10. The van der Waals surface area contributed by atoms with Crippen LogP contribution >= 0.6 is 12.4 Å². The van der Waals surface area contributed by atoms with Crippen LogP contribution in [0, 0.1) is 0 Å². The fraction of sp³-hybridized carbons (Fsp3) is 0.562. The van der Waals surface area contributed by atoms with Crippen molar-refractivity contribution in [2.45, 2.75) is 39.1 Å². The van der Waals surface area contributed by atoms with Crippen molar-refractivity contribution in [3.8, 4) is 5.75 Å². The fourth-order valence-corrected chi connectivity index (χ4v) is 2.00. The maximum atomic E-state index is 10.7. The monoisotopic (exact) mass is 320 g/mol. The van der Waals surface area contributed by atoms with E-state index in [1.165, 1.54) is 4.90 Å². The molecule has 21 heavy (non-hydrogen) atoms. The third-order valence-electron chi connectivity index (χ3n) is 3.16. The number of rotatable bonds is 9. The van der Waals surface area contributed by atoms with Gasteiger partial charge >= 0.3 is 5.97 Å². The molecule has 0 aliphatic rings. The van der Waals surface area contributed by atoms with Gasteiger partial charge in [0.1, 0.15) is 5.75 Å². The summed E-state index contributed by atoms with van der Waals surface area (Å²) in [5.41, 5.74) is 0.915. The van der Waals surface area contributed by atoms with E-state index >= 15 is 0 Å². The Labute approximate surface area is 140 Å². The first-order chi connectivity index (χ1) is 11.5. The van der Waals surface area contributed by atoms with Gasteiger partial charge in [-0.3, -0.25) is 4.79 Å². The summed E-state index contributed by atoms with van der Waals surface area (Å²) in [7, 11) is 1.56. The van der Waals surface area contributed by atoms with Crippen LogP contribution in [-0.2, 0) is 11.2 Å². The molecule has 0 saturated carbocycles. The van der Waals surface area contributed by atoms with Gasteiger partial charge in [-0.15, -0.1) is 12.4 Å². The first kappa shape index (κ1) is 12.3. The fourth-order valence-electron chi connectivity index (χ4n) is 2.00. The van der Waals surface area contributed by atoms with Crippen LogP contribution in [0.5, 0.6) is 5.75 Å². The number of hydrogen-bond donors (Lipinski definition) is 1. The van der Waals surface area contributed by atoms with E-state index in [9.17, 15) is 4.79 Å². The largest absolute Gasteiger partial charge is 0.497 e. The third-order valence-corrected chi connectivity index (χ3v) is 3.16. The molecule has 1 N–H and O–H groups in total. The van der Waals surface area contributed by atoms with Crippen molar-refractivity contribution in [3.05, 3.63) is 29.8 Å². The van der Waals surface area contributed by atoms with Gasteiger partial charge < -0.3 is 14.7 Å². The van der Waals surface area contributed by atoms with Crippen LogP contribution in [-0.4, -0.2) is 42.2 Å². The summed E-state index contributed by atoms with van der Waals surface area (Å²) in [5.74, 6) is -0.287. The summed E-state index contributed by atoms with van der Waals surface area (Å²) in [6, 6.07) is 6.84. The van der Waals surface area contributed by atoms with Gasteiger partial charge in [0.15, 0.2) is 0 Å². The van der Waals surface area contributed by atoms with Crippen molar-refractivity contribution >= 4 is 18.4 Å². The number of nitrogens with zero attached hydrogens (tertiary/aromatic N) is 1. The van der Waals surface area contributed by atoms with E-state index in [0.717, 1.165) is 5.56 Å². The van der Waals surface area contributed by atoms with E-state index in [0.29, 0.717) is 12.2 Å². The molecule has 0 fully saturated rings. The number of aliphatic carboxylic acids is 1. The lowest BCUT2D eigenvalue weighted by atomic mass is 10.1. The van der Waals surface area contributed by atoms with E-state index in [2.05, 4.69) is 0 Å². The van der Waals surface area contributed by atoms with Crippen molar-refractivity contribution in [1.29, 1.82) is 0 Å². The van der Waals surface area contributed by atoms with Crippen molar-refractivity contribution in [2.24, 2.45) is 0 Å². The number of hydrogen-bond acceptors (Lipinski definition) is 3. The van der Waals surface area contributed by atoms with Crippen LogP contribution in [0.3, 0.4) is 0 Å². The van der Waals surface area contributed by atoms with Crippen LogP contribution in [0.2, 0.25) is 0 Å². The standard InChI is InChI=1S/C16H25NO3.ClH/c1-4-17(11-5-6-16(18)19)13(2)12-14-7-9-15(20-3)10-8-14;/h7-10,13H,4-6,11-12H2,1-3H3,(H,18,19);1H/i1D3,4D2;. The van der Waals surface area contributed by atoms with E-state index in [4.69, 9.17) is 16.7 Å². The number of ether oxygens (including phenoxy) is 1. The van der Waals surface area contributed by atoms with Gasteiger partial charge in [-0.1, -0.05) is 19.0 Å². The smallest absolute Gasteiger partial charge is 0.303 e. The Morgan fingerprint density at radius 2 is 2.14 bits per heavy atom. The summed E-state index contributed by atoms with van der Waals surface area (Å²) < 4.78 is 43.7. The van der Waals surface area contributed by atoms with Gasteiger partial charge in [0.05, 0.1) is 7.11 Å². The molecule has 0 amide bonds. The van der Waals surface area contributed by atoms with E-state index < -0.39 is 25.4 Å². The molecular weight excluding hydrogens is 290 g/mol. The molecule has 1 unspecified atom stereocenters. The topological polar surface area (TPSA) is 49.8 Å². The molecule has 1 aromatic rings. The second-order valence-corrected chi connectivity index (χ2v) is 4.70. The van der Waals surface area contributed by atoms with Crippen molar-refractivity contribution in [3.63, 3.8) is 0 Å². The van der Waals surface area contributed by atoms with Crippen LogP contribution in [0.25, 0.3) is 0 Å². The second-order valence-electron chi connectivity index (χ2n) is 4.70. The molecule has 5 heteroatoms. The van der Waals surface area contributed by atoms with Crippen LogP contribution in [0.4, 0.5) is 0 Å². The van der Waals surface area contributed by atoms with Crippen molar-refractivity contribution in [1.82, 2.24) is 4.90 Å². The van der Waals surface area contributed by atoms with Crippen molar-refractivity contribution in [2.75, 3.05) is 20.2 Å². The second kappa shape index (κ2) is 10.5. The van der Waals surface area contributed by atoms with Crippen LogP contribution in [0.15, 0.2) is 24.3 Å². The maximum absolute atomic E-state index is 10.7. The zero-order valence-corrected chi connectivity index (χ0v) is 13.2. The first-order valence-corrected chi connectivity index (χ1v) is 6.60. The van der Waals surface area contributed by atoms with Crippen LogP contribution in [0.1, 0.15) is 39.0 Å². The summed E-state index contributed by atoms with van der Waals surface area (Å²) in [4.78, 5) is 12.0. The lowest BCUT2D eigenvalue weighted by Gasteiger charge is -2.27. The lowest BCUT2D eigenvalue weighted by Crippen LogP contribution is -2.35. The zero-order chi connectivity index (χ0) is 19.3. The van der Waals surface area contributed by atoms with Gasteiger partial charge in [-0.05, 0) is 50.5 Å². The SMILES string of the molecule is Cl.[2H]C([2H])([2H])C([2H])([2H])N(CCCC(=O)O)C(C)Cc1ccc(OC)cc1. The average molecular weight is 321 g/mol. The predicted molar refractivity (Wildman–Crippen MR) is 87.5 cm³/mol. The summed E-state index contributed by atoms with van der Waals surface area (Å²) in [6.45, 7) is -3.58. The van der Waals surface area contributed by atoms with Gasteiger partial charge in [0.25, 0.3) is 0 Å². The molecule has 1 atom stereocenters. The molecule has 0 bridgehead atoms. The average Bonchev–Trinajstić information content (AvgIpc) is 2.50. The Hall–Kier alpha value is -1.26. The summed E-state index contributed by atoms with van der Waals surface area (Å²) in [6.07, 6.45) is 0.480.